The third kappa shape index (κ3) is 3.13. The number of para-hydroxylation sites is 1. The van der Waals surface area contributed by atoms with Crippen LogP contribution in [0.2, 0.25) is 5.02 Å². The van der Waals surface area contributed by atoms with E-state index in [0.29, 0.717) is 11.3 Å². The van der Waals surface area contributed by atoms with Crippen LogP contribution in [0.1, 0.15) is 10.4 Å². The van der Waals surface area contributed by atoms with Gasteiger partial charge in [-0.3, -0.25) is 9.52 Å². The summed E-state index contributed by atoms with van der Waals surface area (Å²) in [6, 6.07) is 12.1. The van der Waals surface area contributed by atoms with Crippen LogP contribution in [0.3, 0.4) is 0 Å². The zero-order chi connectivity index (χ0) is 13.9. The monoisotopic (exact) mass is 295 g/mol. The summed E-state index contributed by atoms with van der Waals surface area (Å²) in [5.74, 6) is 0. The van der Waals surface area contributed by atoms with Crippen molar-refractivity contribution in [2.24, 2.45) is 0 Å². The third-order valence-electron chi connectivity index (χ3n) is 2.46. The van der Waals surface area contributed by atoms with E-state index in [2.05, 4.69) is 4.72 Å². The fourth-order valence-electron chi connectivity index (χ4n) is 1.51. The molecule has 2 aromatic carbocycles. The van der Waals surface area contributed by atoms with E-state index in [0.717, 1.165) is 0 Å². The highest BCUT2D eigenvalue weighted by atomic mass is 35.5. The summed E-state index contributed by atoms with van der Waals surface area (Å²) in [6.07, 6.45) is 0.597. The predicted octanol–water partition coefficient (Wildman–Crippen LogP) is 2.95. The van der Waals surface area contributed by atoms with E-state index in [1.165, 1.54) is 36.4 Å². The van der Waals surface area contributed by atoms with E-state index in [9.17, 15) is 13.2 Å². The van der Waals surface area contributed by atoms with Crippen LogP contribution in [0, 0.1) is 0 Å². The van der Waals surface area contributed by atoms with E-state index in [1.807, 2.05) is 0 Å². The average Bonchev–Trinajstić information content (AvgIpc) is 2.39. The molecule has 0 saturated carbocycles. The smallest absolute Gasteiger partial charge is 0.261 e. The molecule has 0 saturated heterocycles. The molecular weight excluding hydrogens is 286 g/mol. The van der Waals surface area contributed by atoms with E-state index in [4.69, 9.17) is 11.6 Å². The molecule has 0 unspecified atom stereocenters. The minimum atomic E-state index is -3.73. The van der Waals surface area contributed by atoms with Crippen molar-refractivity contribution in [1.29, 1.82) is 0 Å². The summed E-state index contributed by atoms with van der Waals surface area (Å²) >= 11 is 5.71. The van der Waals surface area contributed by atoms with Crippen molar-refractivity contribution in [3.8, 4) is 0 Å². The highest BCUT2D eigenvalue weighted by Gasteiger charge is 2.15. The molecule has 0 aromatic heterocycles. The number of hydrogen-bond acceptors (Lipinski definition) is 3. The van der Waals surface area contributed by atoms with Crippen molar-refractivity contribution in [2.75, 3.05) is 4.72 Å². The zero-order valence-electron chi connectivity index (χ0n) is 9.71. The van der Waals surface area contributed by atoms with Crippen LogP contribution in [0.4, 0.5) is 5.69 Å². The summed E-state index contributed by atoms with van der Waals surface area (Å²) in [7, 11) is -3.73. The average molecular weight is 296 g/mol. The van der Waals surface area contributed by atoms with Crippen molar-refractivity contribution < 1.29 is 13.2 Å². The SMILES string of the molecule is O=Cc1ccccc1NS(=O)(=O)c1ccc(Cl)cc1. The Morgan fingerprint density at radius 1 is 1.00 bits per heavy atom. The maximum absolute atomic E-state index is 12.1. The Balaban J connectivity index is 2.36. The van der Waals surface area contributed by atoms with Crippen molar-refractivity contribution in [2.45, 2.75) is 4.90 Å². The number of halogens is 1. The first kappa shape index (κ1) is 13.6. The molecule has 6 heteroatoms. The van der Waals surface area contributed by atoms with Gasteiger partial charge >= 0.3 is 0 Å². The van der Waals surface area contributed by atoms with E-state index < -0.39 is 10.0 Å². The molecule has 1 N–H and O–H groups in total. The van der Waals surface area contributed by atoms with Gasteiger partial charge in [0, 0.05) is 10.6 Å². The van der Waals surface area contributed by atoms with E-state index in [-0.39, 0.29) is 16.1 Å². The first-order chi connectivity index (χ1) is 9.03. The third-order valence-corrected chi connectivity index (χ3v) is 4.09. The Morgan fingerprint density at radius 2 is 1.63 bits per heavy atom. The number of aldehydes is 1. The second kappa shape index (κ2) is 5.42. The first-order valence-electron chi connectivity index (χ1n) is 5.35. The van der Waals surface area contributed by atoms with Crippen molar-refractivity contribution >= 4 is 33.6 Å². The first-order valence-corrected chi connectivity index (χ1v) is 7.21. The molecule has 0 radical (unpaired) electrons. The molecule has 0 aliphatic rings. The molecule has 2 aromatic rings. The number of carbonyl (C=O) groups excluding carboxylic acids is 1. The van der Waals surface area contributed by atoms with Gasteiger partial charge in [0.05, 0.1) is 10.6 Å². The number of carbonyl (C=O) groups is 1. The fraction of sp³-hybridized carbons (Fsp3) is 0. The van der Waals surface area contributed by atoms with Crippen LogP contribution in [0.5, 0.6) is 0 Å². The van der Waals surface area contributed by atoms with Gasteiger partial charge in [-0.25, -0.2) is 8.42 Å². The van der Waals surface area contributed by atoms with Gasteiger partial charge < -0.3 is 0 Å². The van der Waals surface area contributed by atoms with Gasteiger partial charge in [0.15, 0.2) is 6.29 Å². The standard InChI is InChI=1S/C13H10ClNO3S/c14-11-5-7-12(8-6-11)19(17,18)15-13-4-2-1-3-10(13)9-16/h1-9,15H. The van der Waals surface area contributed by atoms with E-state index >= 15 is 0 Å². The highest BCUT2D eigenvalue weighted by Crippen LogP contribution is 2.20. The van der Waals surface area contributed by atoms with Crippen LogP contribution >= 0.6 is 11.6 Å². The zero-order valence-corrected chi connectivity index (χ0v) is 11.3. The number of nitrogens with one attached hydrogen (secondary N) is 1. The number of rotatable bonds is 4. The Morgan fingerprint density at radius 3 is 2.26 bits per heavy atom. The van der Waals surface area contributed by atoms with Gasteiger partial charge in [0.1, 0.15) is 0 Å². The largest absolute Gasteiger partial charge is 0.298 e. The number of sulfonamides is 1. The van der Waals surface area contributed by atoms with Gasteiger partial charge in [-0.2, -0.15) is 0 Å². The topological polar surface area (TPSA) is 63.2 Å². The predicted molar refractivity (Wildman–Crippen MR) is 74.1 cm³/mol. The van der Waals surface area contributed by atoms with Gasteiger partial charge in [0.2, 0.25) is 0 Å². The summed E-state index contributed by atoms with van der Waals surface area (Å²) in [5, 5.41) is 0.451. The lowest BCUT2D eigenvalue weighted by molar-refractivity contribution is 0.112. The fourth-order valence-corrected chi connectivity index (χ4v) is 2.72. The Bertz CT molecular complexity index is 696. The molecule has 2 rings (SSSR count). The molecule has 0 atom stereocenters. The molecule has 19 heavy (non-hydrogen) atoms. The van der Waals surface area contributed by atoms with Crippen LogP contribution < -0.4 is 4.72 Å². The van der Waals surface area contributed by atoms with Gasteiger partial charge in [-0.1, -0.05) is 23.7 Å². The molecule has 0 aliphatic carbocycles. The molecule has 0 heterocycles. The summed E-state index contributed by atoms with van der Waals surface area (Å²) in [4.78, 5) is 10.9. The minimum absolute atomic E-state index is 0.0811. The minimum Gasteiger partial charge on any atom is -0.298 e. The molecule has 4 nitrogen and oxygen atoms in total. The van der Waals surface area contributed by atoms with Gasteiger partial charge in [-0.05, 0) is 36.4 Å². The lowest BCUT2D eigenvalue weighted by Crippen LogP contribution is -2.14. The van der Waals surface area contributed by atoms with Crippen molar-refractivity contribution in [3.05, 3.63) is 59.1 Å². The number of benzene rings is 2. The molecule has 98 valence electrons. The van der Waals surface area contributed by atoms with Crippen LogP contribution in [0.25, 0.3) is 0 Å². The summed E-state index contributed by atoms with van der Waals surface area (Å²) < 4.78 is 26.6. The Labute approximate surface area is 116 Å². The maximum atomic E-state index is 12.1. The van der Waals surface area contributed by atoms with Gasteiger partial charge in [0.25, 0.3) is 10.0 Å². The van der Waals surface area contributed by atoms with Crippen LogP contribution in [-0.2, 0) is 10.0 Å². The van der Waals surface area contributed by atoms with Crippen LogP contribution in [0.15, 0.2) is 53.4 Å². The summed E-state index contributed by atoms with van der Waals surface area (Å²) in [5.41, 5.74) is 0.521. The second-order valence-corrected chi connectivity index (χ2v) is 5.88. The van der Waals surface area contributed by atoms with E-state index in [1.54, 1.807) is 12.1 Å². The maximum Gasteiger partial charge on any atom is 0.261 e. The quantitative estimate of drug-likeness (QED) is 0.882. The van der Waals surface area contributed by atoms with Crippen molar-refractivity contribution in [1.82, 2.24) is 0 Å². The number of hydrogen-bond donors (Lipinski definition) is 1. The highest BCUT2D eigenvalue weighted by molar-refractivity contribution is 7.92. The molecule has 0 aliphatic heterocycles. The lowest BCUT2D eigenvalue weighted by atomic mass is 10.2. The molecule has 0 spiro atoms. The molecular formula is C13H10ClNO3S. The molecule has 0 fully saturated rings. The lowest BCUT2D eigenvalue weighted by Gasteiger charge is -2.09. The normalized spacial score (nSPS) is 11.0. The van der Waals surface area contributed by atoms with Gasteiger partial charge in [-0.15, -0.1) is 0 Å². The molecule has 0 amide bonds. The van der Waals surface area contributed by atoms with Crippen LogP contribution in [-0.4, -0.2) is 14.7 Å². The van der Waals surface area contributed by atoms with Crippen molar-refractivity contribution in [3.63, 3.8) is 0 Å². The summed E-state index contributed by atoms with van der Waals surface area (Å²) in [6.45, 7) is 0. The second-order valence-electron chi connectivity index (χ2n) is 3.76. The Kier molecular flexibility index (Phi) is 3.87. The molecule has 0 bridgehead atoms. The number of anilines is 1. The Hall–Kier alpha value is -1.85.